The van der Waals surface area contributed by atoms with E-state index in [0.29, 0.717) is 24.3 Å². The molecule has 0 aromatic heterocycles. The number of rotatable bonds is 3. The van der Waals surface area contributed by atoms with Crippen molar-refractivity contribution < 1.29 is 19.1 Å². The van der Waals surface area contributed by atoms with E-state index in [4.69, 9.17) is 4.74 Å². The van der Waals surface area contributed by atoms with Gasteiger partial charge < -0.3 is 15.0 Å². The molecule has 2 heterocycles. The summed E-state index contributed by atoms with van der Waals surface area (Å²) in [6.45, 7) is 0.0498. The summed E-state index contributed by atoms with van der Waals surface area (Å²) in [5.41, 5.74) is 1.88. The van der Waals surface area contributed by atoms with Crippen LogP contribution in [0.5, 0.6) is 5.75 Å². The Morgan fingerprint density at radius 1 is 1.19 bits per heavy atom. The summed E-state index contributed by atoms with van der Waals surface area (Å²) in [6, 6.07) is 14.8. The van der Waals surface area contributed by atoms with Gasteiger partial charge in [-0.05, 0) is 36.5 Å². The molecule has 2 aromatic rings. The topological polar surface area (TPSA) is 79.0 Å². The van der Waals surface area contributed by atoms with Crippen molar-refractivity contribution in [1.29, 1.82) is 0 Å². The van der Waals surface area contributed by atoms with Gasteiger partial charge in [-0.2, -0.15) is 0 Å². The van der Waals surface area contributed by atoms with E-state index < -0.39 is 11.6 Å². The Balaban J connectivity index is 1.37. The maximum atomic E-state index is 13.4. The molecule has 1 N–H and O–H groups in total. The lowest BCUT2D eigenvalue weighted by atomic mass is 9.84. The van der Waals surface area contributed by atoms with Crippen molar-refractivity contribution in [1.82, 2.24) is 15.1 Å². The summed E-state index contributed by atoms with van der Waals surface area (Å²) >= 11 is 0. The minimum absolute atomic E-state index is 0.0454. The number of fused-ring (bicyclic) bond motifs is 3. The molecule has 7 heteroatoms. The number of amides is 4. The highest BCUT2D eigenvalue weighted by atomic mass is 16.5. The molecule has 1 fully saturated rings. The van der Waals surface area contributed by atoms with Crippen molar-refractivity contribution in [2.75, 3.05) is 20.2 Å². The van der Waals surface area contributed by atoms with Gasteiger partial charge in [0.1, 0.15) is 12.3 Å². The molecular formula is C24H25N3O4. The van der Waals surface area contributed by atoms with Crippen LogP contribution in [-0.4, -0.2) is 47.8 Å². The maximum absolute atomic E-state index is 13.4. The molecule has 1 saturated heterocycles. The Hall–Kier alpha value is -3.35. The number of ether oxygens (including phenoxy) is 1. The molecule has 1 spiro atoms. The van der Waals surface area contributed by atoms with E-state index in [-0.39, 0.29) is 24.4 Å². The second-order valence-corrected chi connectivity index (χ2v) is 8.43. The number of benzene rings is 2. The first-order chi connectivity index (χ1) is 15.0. The van der Waals surface area contributed by atoms with Crippen molar-refractivity contribution in [2.24, 2.45) is 0 Å². The summed E-state index contributed by atoms with van der Waals surface area (Å²) in [6.07, 6.45) is 3.22. The number of urea groups is 1. The van der Waals surface area contributed by atoms with E-state index in [1.165, 1.54) is 5.56 Å². The summed E-state index contributed by atoms with van der Waals surface area (Å²) in [4.78, 5) is 42.1. The minimum atomic E-state index is -1.16. The molecule has 2 aliphatic heterocycles. The van der Waals surface area contributed by atoms with Crippen LogP contribution in [0.3, 0.4) is 0 Å². The highest BCUT2D eigenvalue weighted by Gasteiger charge is 2.55. The first-order valence-corrected chi connectivity index (χ1v) is 10.7. The molecule has 4 amide bonds. The zero-order valence-electron chi connectivity index (χ0n) is 17.5. The number of nitrogens with zero attached hydrogens (tertiary/aromatic N) is 2. The number of carbonyl (C=O) groups is 3. The van der Waals surface area contributed by atoms with E-state index in [0.717, 1.165) is 29.7 Å². The number of carbonyl (C=O) groups excluding carboxylic acids is 3. The summed E-state index contributed by atoms with van der Waals surface area (Å²) < 4.78 is 5.66. The maximum Gasteiger partial charge on any atom is 0.325 e. The molecule has 0 radical (unpaired) electrons. The largest absolute Gasteiger partial charge is 0.493 e. The van der Waals surface area contributed by atoms with E-state index in [9.17, 15) is 14.4 Å². The number of para-hydroxylation sites is 1. The molecule has 0 bridgehead atoms. The van der Waals surface area contributed by atoms with Crippen molar-refractivity contribution in [3.05, 3.63) is 65.2 Å². The third kappa shape index (κ3) is 3.07. The molecule has 0 unspecified atom stereocenters. The molecule has 2 aromatic carbocycles. The number of hydrogen-bond acceptors (Lipinski definition) is 4. The minimum Gasteiger partial charge on any atom is -0.493 e. The lowest BCUT2D eigenvalue weighted by Gasteiger charge is -2.34. The van der Waals surface area contributed by atoms with Gasteiger partial charge in [0.25, 0.3) is 5.91 Å². The summed E-state index contributed by atoms with van der Waals surface area (Å²) in [5, 5.41) is 2.85. The van der Waals surface area contributed by atoms with Crippen molar-refractivity contribution >= 4 is 17.8 Å². The van der Waals surface area contributed by atoms with Crippen molar-refractivity contribution in [3.8, 4) is 5.75 Å². The molecule has 2 atom stereocenters. The predicted octanol–water partition coefficient (Wildman–Crippen LogP) is 2.75. The Bertz CT molecular complexity index is 1070. The van der Waals surface area contributed by atoms with Gasteiger partial charge in [0.05, 0.1) is 12.6 Å². The van der Waals surface area contributed by atoms with Crippen molar-refractivity contribution in [3.63, 3.8) is 0 Å². The predicted molar refractivity (Wildman–Crippen MR) is 113 cm³/mol. The number of hydrogen-bond donors (Lipinski definition) is 1. The van der Waals surface area contributed by atoms with Crippen LogP contribution in [0.1, 0.15) is 42.0 Å². The van der Waals surface area contributed by atoms with Gasteiger partial charge in [-0.1, -0.05) is 42.5 Å². The fourth-order valence-electron chi connectivity index (χ4n) is 5.07. The Morgan fingerprint density at radius 2 is 1.97 bits per heavy atom. The highest BCUT2D eigenvalue weighted by Crippen LogP contribution is 2.41. The van der Waals surface area contributed by atoms with Gasteiger partial charge in [0, 0.05) is 19.0 Å². The van der Waals surface area contributed by atoms with Crippen LogP contribution in [0.15, 0.2) is 48.5 Å². The summed E-state index contributed by atoms with van der Waals surface area (Å²) in [7, 11) is 1.76. The van der Waals surface area contributed by atoms with Gasteiger partial charge in [-0.25, -0.2) is 4.79 Å². The number of likely N-dealkylation sites (N-methyl/N-ethyl adjacent to an activating group) is 1. The van der Waals surface area contributed by atoms with E-state index >= 15 is 0 Å². The average Bonchev–Trinajstić information content (AvgIpc) is 3.03. The molecule has 1 aliphatic carbocycles. The molecule has 7 nitrogen and oxygen atoms in total. The van der Waals surface area contributed by atoms with Crippen LogP contribution in [0.25, 0.3) is 0 Å². The van der Waals surface area contributed by atoms with Crippen LogP contribution in [0.2, 0.25) is 0 Å². The summed E-state index contributed by atoms with van der Waals surface area (Å²) in [5.74, 6) is -0.0480. The van der Waals surface area contributed by atoms with Crippen LogP contribution in [0, 0.1) is 0 Å². The second-order valence-electron chi connectivity index (χ2n) is 8.43. The number of imide groups is 1. The van der Waals surface area contributed by atoms with Crippen LogP contribution in [0.4, 0.5) is 4.79 Å². The molecule has 3 aliphatic rings. The average molecular weight is 419 g/mol. The molecule has 160 valence electrons. The van der Waals surface area contributed by atoms with Crippen LogP contribution < -0.4 is 10.1 Å². The van der Waals surface area contributed by atoms with Gasteiger partial charge in [-0.3, -0.25) is 14.5 Å². The van der Waals surface area contributed by atoms with Gasteiger partial charge in [0.15, 0.2) is 5.54 Å². The Morgan fingerprint density at radius 3 is 2.84 bits per heavy atom. The fraction of sp³-hybridized carbons (Fsp3) is 0.375. The normalized spacial score (nSPS) is 24.3. The smallest absolute Gasteiger partial charge is 0.325 e. The van der Waals surface area contributed by atoms with E-state index in [2.05, 4.69) is 17.4 Å². The molecule has 31 heavy (non-hydrogen) atoms. The van der Waals surface area contributed by atoms with E-state index in [1.807, 2.05) is 24.3 Å². The van der Waals surface area contributed by atoms with Crippen molar-refractivity contribution in [2.45, 2.75) is 37.3 Å². The Kier molecular flexibility index (Phi) is 4.68. The van der Waals surface area contributed by atoms with Gasteiger partial charge >= 0.3 is 6.03 Å². The van der Waals surface area contributed by atoms with Gasteiger partial charge in [-0.15, -0.1) is 0 Å². The lowest BCUT2D eigenvalue weighted by molar-refractivity contribution is -0.140. The third-order valence-electron chi connectivity index (χ3n) is 6.75. The third-order valence-corrected chi connectivity index (χ3v) is 6.75. The van der Waals surface area contributed by atoms with Crippen LogP contribution in [-0.2, 0) is 21.5 Å². The lowest BCUT2D eigenvalue weighted by Crippen LogP contribution is -2.48. The molecule has 0 saturated carbocycles. The second kappa shape index (κ2) is 7.41. The SMILES string of the molecule is CN(C(=O)CN1C(=O)N[C@@]2(CCOc3ccccc32)C1=O)[C@@H]1CCCc2ccccc21. The standard InChI is InChI=1S/C24H25N3O4/c1-26(19-11-6-8-16-7-2-3-9-17(16)19)21(28)15-27-22(29)24(25-23(27)30)13-14-31-20-12-5-4-10-18(20)24/h2-5,7,9-10,12,19H,6,8,11,13-15H2,1H3,(H,25,30)/t19-,24-/m1/s1. The zero-order valence-corrected chi connectivity index (χ0v) is 17.5. The zero-order chi connectivity index (χ0) is 21.6. The van der Waals surface area contributed by atoms with Crippen LogP contribution >= 0.6 is 0 Å². The first kappa shape index (κ1) is 19.6. The van der Waals surface area contributed by atoms with E-state index in [1.54, 1.807) is 24.1 Å². The Labute approximate surface area is 181 Å². The quantitative estimate of drug-likeness (QED) is 0.776. The monoisotopic (exact) mass is 419 g/mol. The highest BCUT2D eigenvalue weighted by molar-refractivity contribution is 6.09. The number of aryl methyl sites for hydroxylation is 1. The molecular weight excluding hydrogens is 394 g/mol. The number of nitrogens with one attached hydrogen (secondary N) is 1. The fourth-order valence-corrected chi connectivity index (χ4v) is 5.07. The van der Waals surface area contributed by atoms with Gasteiger partial charge in [0.2, 0.25) is 5.91 Å². The first-order valence-electron chi connectivity index (χ1n) is 10.7. The molecule has 5 rings (SSSR count).